The van der Waals surface area contributed by atoms with Crippen molar-refractivity contribution in [2.75, 3.05) is 0 Å². The molecule has 3 atom stereocenters. The van der Waals surface area contributed by atoms with E-state index in [1.807, 2.05) is 55.4 Å². The van der Waals surface area contributed by atoms with Gasteiger partial charge in [0, 0.05) is 0 Å². The van der Waals surface area contributed by atoms with Crippen LogP contribution in [0.3, 0.4) is 0 Å². The Hall–Kier alpha value is -0.570. The van der Waals surface area contributed by atoms with Crippen molar-refractivity contribution in [3.8, 4) is 0 Å². The van der Waals surface area contributed by atoms with Gasteiger partial charge in [0.2, 0.25) is 0 Å². The van der Waals surface area contributed by atoms with Gasteiger partial charge in [-0.25, -0.2) is 0 Å². The largest absolute Gasteiger partial charge is 0.462 e. The Labute approximate surface area is 112 Å². The van der Waals surface area contributed by atoms with Crippen molar-refractivity contribution < 1.29 is 14.3 Å². The average Bonchev–Trinajstić information content (AvgIpc) is 2.25. The molecule has 0 bridgehead atoms. The Kier molecular flexibility index (Phi) is 6.35. The van der Waals surface area contributed by atoms with E-state index in [9.17, 15) is 4.79 Å². The molecule has 3 nitrogen and oxygen atoms in total. The molecular weight excluding hydrogens is 228 g/mol. The van der Waals surface area contributed by atoms with E-state index >= 15 is 0 Å². The molecule has 0 spiro atoms. The van der Waals surface area contributed by atoms with Crippen molar-refractivity contribution in [3.63, 3.8) is 0 Å². The van der Waals surface area contributed by atoms with E-state index in [0.717, 1.165) is 12.8 Å². The van der Waals surface area contributed by atoms with Crippen LogP contribution >= 0.6 is 0 Å². The van der Waals surface area contributed by atoms with Gasteiger partial charge < -0.3 is 9.47 Å². The van der Waals surface area contributed by atoms with Gasteiger partial charge in [-0.1, -0.05) is 13.8 Å². The number of esters is 1. The number of rotatable bonds is 6. The molecule has 108 valence electrons. The van der Waals surface area contributed by atoms with E-state index in [2.05, 4.69) is 0 Å². The quantitative estimate of drug-likeness (QED) is 0.677. The Morgan fingerprint density at radius 2 is 1.61 bits per heavy atom. The summed E-state index contributed by atoms with van der Waals surface area (Å²) in [4.78, 5) is 12.1. The fraction of sp³-hybridized carbons (Fsp3) is 0.933. The van der Waals surface area contributed by atoms with Crippen LogP contribution in [-0.4, -0.2) is 23.3 Å². The van der Waals surface area contributed by atoms with Crippen molar-refractivity contribution in [2.45, 2.75) is 85.5 Å². The number of hydrogen-bond acceptors (Lipinski definition) is 3. The fourth-order valence-electron chi connectivity index (χ4n) is 1.80. The summed E-state index contributed by atoms with van der Waals surface area (Å²) in [6.07, 6.45) is 1.58. The molecule has 18 heavy (non-hydrogen) atoms. The highest BCUT2D eigenvalue weighted by Gasteiger charge is 2.39. The molecular formula is C15H30O3. The fourth-order valence-corrected chi connectivity index (χ4v) is 1.80. The van der Waals surface area contributed by atoms with E-state index in [-0.39, 0.29) is 23.6 Å². The minimum absolute atomic E-state index is 0.0318. The molecule has 0 aromatic rings. The SMILES string of the molecule is CCC(C)OC(=O)[C@H](C)C(C)(CC)OC(C)(C)C. The van der Waals surface area contributed by atoms with Gasteiger partial charge in [0.15, 0.2) is 0 Å². The minimum Gasteiger partial charge on any atom is -0.462 e. The van der Waals surface area contributed by atoms with Gasteiger partial charge in [0.05, 0.1) is 23.2 Å². The van der Waals surface area contributed by atoms with Crippen LogP contribution in [0.15, 0.2) is 0 Å². The highest BCUT2D eigenvalue weighted by Crippen LogP contribution is 2.31. The predicted molar refractivity (Wildman–Crippen MR) is 74.5 cm³/mol. The Balaban J connectivity index is 4.78. The van der Waals surface area contributed by atoms with Crippen LogP contribution in [-0.2, 0) is 14.3 Å². The van der Waals surface area contributed by atoms with E-state index in [1.165, 1.54) is 0 Å². The van der Waals surface area contributed by atoms with Crippen LogP contribution in [0.25, 0.3) is 0 Å². The number of carbonyl (C=O) groups is 1. The molecule has 0 rings (SSSR count). The molecule has 2 unspecified atom stereocenters. The summed E-state index contributed by atoms with van der Waals surface area (Å²) in [6, 6.07) is 0. The lowest BCUT2D eigenvalue weighted by Gasteiger charge is -2.39. The second-order valence-corrected chi connectivity index (χ2v) is 6.26. The average molecular weight is 258 g/mol. The minimum atomic E-state index is -0.483. The molecule has 0 heterocycles. The second kappa shape index (κ2) is 6.55. The van der Waals surface area contributed by atoms with Crippen LogP contribution < -0.4 is 0 Å². The first kappa shape index (κ1) is 17.4. The molecule has 0 saturated carbocycles. The lowest BCUT2D eigenvalue weighted by atomic mass is 9.87. The third-order valence-electron chi connectivity index (χ3n) is 3.40. The molecule has 0 saturated heterocycles. The van der Waals surface area contributed by atoms with E-state index in [1.54, 1.807) is 0 Å². The van der Waals surface area contributed by atoms with Crippen LogP contribution in [0, 0.1) is 5.92 Å². The first-order valence-corrected chi connectivity index (χ1v) is 6.96. The van der Waals surface area contributed by atoms with Gasteiger partial charge in [-0.05, 0) is 54.4 Å². The van der Waals surface area contributed by atoms with Crippen molar-refractivity contribution in [3.05, 3.63) is 0 Å². The summed E-state index contributed by atoms with van der Waals surface area (Å²) < 4.78 is 11.5. The summed E-state index contributed by atoms with van der Waals surface area (Å²) >= 11 is 0. The smallest absolute Gasteiger partial charge is 0.311 e. The van der Waals surface area contributed by atoms with Gasteiger partial charge in [-0.15, -0.1) is 0 Å². The maximum atomic E-state index is 12.1. The highest BCUT2D eigenvalue weighted by atomic mass is 16.6. The molecule has 0 fully saturated rings. The summed E-state index contributed by atoms with van der Waals surface area (Å²) in [5.74, 6) is -0.436. The maximum absolute atomic E-state index is 12.1. The zero-order valence-electron chi connectivity index (χ0n) is 13.3. The van der Waals surface area contributed by atoms with Crippen molar-refractivity contribution in [1.82, 2.24) is 0 Å². The third kappa shape index (κ3) is 5.38. The molecule has 0 aliphatic heterocycles. The lowest BCUT2D eigenvalue weighted by molar-refractivity contribution is -0.182. The van der Waals surface area contributed by atoms with Crippen LogP contribution in [0.2, 0.25) is 0 Å². The topological polar surface area (TPSA) is 35.5 Å². The number of hydrogen-bond donors (Lipinski definition) is 0. The van der Waals surface area contributed by atoms with Crippen LogP contribution in [0.5, 0.6) is 0 Å². The molecule has 0 aliphatic rings. The molecule has 0 aromatic carbocycles. The first-order chi connectivity index (χ1) is 8.05. The van der Waals surface area contributed by atoms with Crippen molar-refractivity contribution >= 4 is 5.97 Å². The monoisotopic (exact) mass is 258 g/mol. The van der Waals surface area contributed by atoms with Crippen LogP contribution in [0.4, 0.5) is 0 Å². The van der Waals surface area contributed by atoms with Gasteiger partial charge in [-0.2, -0.15) is 0 Å². The first-order valence-electron chi connectivity index (χ1n) is 6.96. The highest BCUT2D eigenvalue weighted by molar-refractivity contribution is 5.73. The molecule has 0 aliphatic carbocycles. The summed E-state index contributed by atoms with van der Waals surface area (Å²) in [5.41, 5.74) is -0.752. The Morgan fingerprint density at radius 1 is 1.11 bits per heavy atom. The van der Waals surface area contributed by atoms with Gasteiger partial charge in [0.1, 0.15) is 0 Å². The van der Waals surface area contributed by atoms with Gasteiger partial charge in [-0.3, -0.25) is 4.79 Å². The Morgan fingerprint density at radius 3 is 1.94 bits per heavy atom. The normalized spacial score (nSPS) is 18.9. The number of ether oxygens (including phenoxy) is 2. The summed E-state index contributed by atoms with van der Waals surface area (Å²) in [5, 5.41) is 0. The summed E-state index contributed by atoms with van der Waals surface area (Å²) in [6.45, 7) is 15.9. The number of carbonyl (C=O) groups excluding carboxylic acids is 1. The third-order valence-corrected chi connectivity index (χ3v) is 3.40. The van der Waals surface area contributed by atoms with E-state index in [4.69, 9.17) is 9.47 Å². The molecule has 3 heteroatoms. The van der Waals surface area contributed by atoms with E-state index in [0.29, 0.717) is 0 Å². The van der Waals surface area contributed by atoms with Gasteiger partial charge in [0.25, 0.3) is 0 Å². The standard InChI is InChI=1S/C15H30O3/c1-9-11(3)17-13(16)12(4)15(8,10-2)18-14(5,6)7/h11-12H,9-10H2,1-8H3/t11?,12-,15?/m0/s1. The molecule has 0 amide bonds. The maximum Gasteiger partial charge on any atom is 0.311 e. The van der Waals surface area contributed by atoms with Crippen molar-refractivity contribution in [1.29, 1.82) is 0 Å². The molecule has 0 radical (unpaired) electrons. The summed E-state index contributed by atoms with van der Waals surface area (Å²) in [7, 11) is 0. The van der Waals surface area contributed by atoms with Crippen LogP contribution in [0.1, 0.15) is 68.2 Å². The second-order valence-electron chi connectivity index (χ2n) is 6.26. The Bertz CT molecular complexity index is 267. The van der Waals surface area contributed by atoms with Crippen molar-refractivity contribution in [2.24, 2.45) is 5.92 Å². The lowest BCUT2D eigenvalue weighted by Crippen LogP contribution is -2.46. The predicted octanol–water partition coefficient (Wildman–Crippen LogP) is 3.95. The van der Waals surface area contributed by atoms with Gasteiger partial charge >= 0.3 is 5.97 Å². The zero-order valence-corrected chi connectivity index (χ0v) is 13.3. The zero-order chi connectivity index (χ0) is 14.6. The van der Waals surface area contributed by atoms with E-state index < -0.39 is 5.60 Å². The molecule has 0 N–H and O–H groups in total. The molecule has 0 aromatic heterocycles.